The van der Waals surface area contributed by atoms with Crippen molar-refractivity contribution in [3.8, 4) is 0 Å². The summed E-state index contributed by atoms with van der Waals surface area (Å²) in [6.45, 7) is 15.8. The van der Waals surface area contributed by atoms with Gasteiger partial charge in [-0.1, -0.05) is 41.5 Å². The SMILES string of the molecule is CC(C(CC(C)(C)C)C(N)=O)C(C)(C)C1CC(C(C)(C)N)C(=O)NC1=O. The molecular weight excluding hydrogens is 330 g/mol. The molecule has 4 atom stereocenters. The number of carbonyl (C=O) groups excluding carboxylic acids is 3. The number of amides is 3. The molecule has 0 spiro atoms. The van der Waals surface area contributed by atoms with Crippen LogP contribution >= 0.6 is 0 Å². The predicted molar refractivity (Wildman–Crippen MR) is 103 cm³/mol. The van der Waals surface area contributed by atoms with Gasteiger partial charge in [0, 0.05) is 17.4 Å². The van der Waals surface area contributed by atoms with Crippen molar-refractivity contribution in [2.24, 2.45) is 46.0 Å². The molecule has 150 valence electrons. The molecule has 0 aromatic carbocycles. The molecule has 26 heavy (non-hydrogen) atoms. The number of carbonyl (C=O) groups is 3. The Balaban J connectivity index is 3.18. The van der Waals surface area contributed by atoms with E-state index in [1.165, 1.54) is 0 Å². The fourth-order valence-electron chi connectivity index (χ4n) is 4.05. The molecule has 0 aliphatic carbocycles. The summed E-state index contributed by atoms with van der Waals surface area (Å²) in [6, 6.07) is 0. The third kappa shape index (κ3) is 5.06. The number of primary amides is 1. The van der Waals surface area contributed by atoms with Crippen molar-refractivity contribution in [1.29, 1.82) is 0 Å². The molecule has 1 aliphatic rings. The fourth-order valence-corrected chi connectivity index (χ4v) is 4.05. The molecule has 0 aromatic rings. The van der Waals surface area contributed by atoms with Crippen molar-refractivity contribution < 1.29 is 14.4 Å². The Morgan fingerprint density at radius 2 is 1.54 bits per heavy atom. The minimum Gasteiger partial charge on any atom is -0.369 e. The lowest BCUT2D eigenvalue weighted by atomic mass is 9.59. The van der Waals surface area contributed by atoms with Crippen LogP contribution in [0.4, 0.5) is 0 Å². The average Bonchev–Trinajstić information content (AvgIpc) is 2.40. The van der Waals surface area contributed by atoms with E-state index < -0.39 is 22.8 Å². The van der Waals surface area contributed by atoms with Crippen LogP contribution < -0.4 is 16.8 Å². The Hall–Kier alpha value is -1.43. The number of rotatable bonds is 6. The van der Waals surface area contributed by atoms with Gasteiger partial charge in [0.25, 0.3) is 0 Å². The van der Waals surface area contributed by atoms with Gasteiger partial charge in [0.2, 0.25) is 17.7 Å². The Labute approximate surface area is 157 Å². The van der Waals surface area contributed by atoms with Crippen molar-refractivity contribution in [2.75, 3.05) is 0 Å². The van der Waals surface area contributed by atoms with E-state index in [1.54, 1.807) is 13.8 Å². The summed E-state index contributed by atoms with van der Waals surface area (Å²) in [6.07, 6.45) is 1.03. The Morgan fingerprint density at radius 3 is 1.92 bits per heavy atom. The van der Waals surface area contributed by atoms with Crippen LogP contribution in [0.2, 0.25) is 0 Å². The van der Waals surface area contributed by atoms with Gasteiger partial charge in [-0.2, -0.15) is 0 Å². The summed E-state index contributed by atoms with van der Waals surface area (Å²) in [7, 11) is 0. The van der Waals surface area contributed by atoms with E-state index >= 15 is 0 Å². The van der Waals surface area contributed by atoms with Crippen LogP contribution in [0.5, 0.6) is 0 Å². The Bertz CT molecular complexity index is 570. The summed E-state index contributed by atoms with van der Waals surface area (Å²) >= 11 is 0. The van der Waals surface area contributed by atoms with Crippen LogP contribution in [0.25, 0.3) is 0 Å². The maximum atomic E-state index is 12.6. The van der Waals surface area contributed by atoms with Crippen LogP contribution in [-0.4, -0.2) is 23.3 Å². The van der Waals surface area contributed by atoms with Gasteiger partial charge >= 0.3 is 0 Å². The molecule has 5 N–H and O–H groups in total. The number of piperidine rings is 1. The van der Waals surface area contributed by atoms with Gasteiger partial charge in [0.15, 0.2) is 0 Å². The third-order valence-corrected chi connectivity index (χ3v) is 6.12. The topological polar surface area (TPSA) is 115 Å². The predicted octanol–water partition coefficient (Wildman–Crippen LogP) is 2.20. The molecule has 1 fully saturated rings. The zero-order chi connectivity index (χ0) is 20.7. The first-order valence-corrected chi connectivity index (χ1v) is 9.41. The largest absolute Gasteiger partial charge is 0.369 e. The quantitative estimate of drug-likeness (QED) is 0.624. The molecule has 3 amide bonds. The number of hydrogen-bond acceptors (Lipinski definition) is 4. The zero-order valence-electron chi connectivity index (χ0n) is 17.6. The molecule has 4 unspecified atom stereocenters. The maximum Gasteiger partial charge on any atom is 0.231 e. The number of nitrogens with one attached hydrogen (secondary N) is 1. The second kappa shape index (κ2) is 7.29. The summed E-state index contributed by atoms with van der Waals surface area (Å²) < 4.78 is 0. The van der Waals surface area contributed by atoms with Gasteiger partial charge in [-0.3, -0.25) is 19.7 Å². The van der Waals surface area contributed by atoms with Crippen LogP contribution in [0.1, 0.15) is 68.2 Å². The molecule has 0 saturated carbocycles. The maximum absolute atomic E-state index is 12.6. The summed E-state index contributed by atoms with van der Waals surface area (Å²) in [5, 5.41) is 2.49. The minimum atomic E-state index is -0.725. The Kier molecular flexibility index (Phi) is 6.34. The van der Waals surface area contributed by atoms with Gasteiger partial charge in [-0.15, -0.1) is 0 Å². The second-order valence-electron chi connectivity index (χ2n) is 10.4. The van der Waals surface area contributed by atoms with Gasteiger partial charge in [-0.25, -0.2) is 0 Å². The molecule has 0 aromatic heterocycles. The lowest BCUT2D eigenvalue weighted by molar-refractivity contribution is -0.148. The van der Waals surface area contributed by atoms with Crippen LogP contribution in [0, 0.1) is 34.5 Å². The zero-order valence-corrected chi connectivity index (χ0v) is 17.6. The first-order chi connectivity index (χ1) is 11.5. The van der Waals surface area contributed by atoms with E-state index in [4.69, 9.17) is 11.5 Å². The van der Waals surface area contributed by atoms with Gasteiger partial charge < -0.3 is 11.5 Å². The minimum absolute atomic E-state index is 0.0589. The molecule has 1 rings (SSSR count). The van der Waals surface area contributed by atoms with Crippen molar-refractivity contribution in [2.45, 2.75) is 73.8 Å². The third-order valence-electron chi connectivity index (χ3n) is 6.12. The van der Waals surface area contributed by atoms with Crippen molar-refractivity contribution in [1.82, 2.24) is 5.32 Å². The molecule has 6 heteroatoms. The molecule has 1 aliphatic heterocycles. The molecule has 1 heterocycles. The monoisotopic (exact) mass is 367 g/mol. The highest BCUT2D eigenvalue weighted by atomic mass is 16.2. The van der Waals surface area contributed by atoms with Crippen LogP contribution in [-0.2, 0) is 14.4 Å². The first-order valence-electron chi connectivity index (χ1n) is 9.41. The van der Waals surface area contributed by atoms with E-state index in [9.17, 15) is 14.4 Å². The van der Waals surface area contributed by atoms with Crippen molar-refractivity contribution in [3.05, 3.63) is 0 Å². The molecule has 0 radical (unpaired) electrons. The van der Waals surface area contributed by atoms with Crippen LogP contribution in [0.3, 0.4) is 0 Å². The number of imide groups is 1. The normalized spacial score (nSPS) is 24.8. The van der Waals surface area contributed by atoms with Crippen molar-refractivity contribution in [3.63, 3.8) is 0 Å². The van der Waals surface area contributed by atoms with E-state index in [0.29, 0.717) is 12.8 Å². The first kappa shape index (κ1) is 22.6. The lowest BCUT2D eigenvalue weighted by Gasteiger charge is -2.46. The van der Waals surface area contributed by atoms with Crippen LogP contribution in [0.15, 0.2) is 0 Å². The average molecular weight is 368 g/mol. The summed E-state index contributed by atoms with van der Waals surface area (Å²) in [5.74, 6) is -2.28. The summed E-state index contributed by atoms with van der Waals surface area (Å²) in [4.78, 5) is 37.0. The van der Waals surface area contributed by atoms with Gasteiger partial charge in [0.05, 0.1) is 5.92 Å². The highest BCUT2D eigenvalue weighted by molar-refractivity contribution is 6.00. The standard InChI is InChI=1S/C20H37N3O3/c1-11(12(15(21)24)10-18(2,3)4)19(5,6)13-9-14(20(7,8)22)17(26)23-16(13)25/h11-14H,9-10,22H2,1-8H3,(H2,21,24)(H,23,25,26). The van der Waals surface area contributed by atoms with Crippen molar-refractivity contribution >= 4 is 17.7 Å². The molecule has 0 bridgehead atoms. The van der Waals surface area contributed by atoms with E-state index in [1.807, 2.05) is 20.8 Å². The smallest absolute Gasteiger partial charge is 0.231 e. The van der Waals surface area contributed by atoms with Gasteiger partial charge in [0.1, 0.15) is 0 Å². The fraction of sp³-hybridized carbons (Fsp3) is 0.850. The number of nitrogens with two attached hydrogens (primary N) is 2. The highest BCUT2D eigenvalue weighted by Crippen LogP contribution is 2.46. The van der Waals surface area contributed by atoms with E-state index in [-0.39, 0.29) is 35.0 Å². The summed E-state index contributed by atoms with van der Waals surface area (Å²) in [5.41, 5.74) is 10.6. The molecule has 6 nitrogen and oxygen atoms in total. The number of hydrogen-bond donors (Lipinski definition) is 3. The molecular formula is C20H37N3O3. The lowest BCUT2D eigenvalue weighted by Crippen LogP contribution is -2.59. The second-order valence-corrected chi connectivity index (χ2v) is 10.4. The van der Waals surface area contributed by atoms with Gasteiger partial charge in [-0.05, 0) is 43.4 Å². The molecule has 1 saturated heterocycles. The Morgan fingerprint density at radius 1 is 1.08 bits per heavy atom. The van der Waals surface area contributed by atoms with E-state index in [2.05, 4.69) is 26.1 Å². The highest BCUT2D eigenvalue weighted by Gasteiger charge is 2.50. The van der Waals surface area contributed by atoms with E-state index in [0.717, 1.165) is 0 Å².